The van der Waals surface area contributed by atoms with E-state index in [4.69, 9.17) is 14.4 Å². The Morgan fingerprint density at radius 2 is 1.80 bits per heavy atom. The summed E-state index contributed by atoms with van der Waals surface area (Å²) in [5.74, 6) is 0. The molecule has 0 unspecified atom stereocenters. The summed E-state index contributed by atoms with van der Waals surface area (Å²) in [6.45, 7) is 3.66. The Bertz CT molecular complexity index is 730. The maximum absolute atomic E-state index is 11.2. The molecule has 0 bridgehead atoms. The fraction of sp³-hybridized carbons (Fsp3) is 0.167. The van der Waals surface area contributed by atoms with Crippen molar-refractivity contribution in [3.63, 3.8) is 0 Å². The smallest absolute Gasteiger partial charge is 0.316 e. The highest BCUT2D eigenvalue weighted by Gasteiger charge is 2.03. The maximum Gasteiger partial charge on any atom is 0.692 e. The van der Waals surface area contributed by atoms with Crippen molar-refractivity contribution in [2.75, 3.05) is 0 Å². The van der Waals surface area contributed by atoms with Crippen molar-refractivity contribution in [2.24, 2.45) is 0 Å². The maximum atomic E-state index is 11.2. The summed E-state index contributed by atoms with van der Waals surface area (Å²) >= 11 is 0. The van der Waals surface area contributed by atoms with Crippen molar-refractivity contribution in [3.05, 3.63) is 57.1 Å². The molecule has 0 fully saturated rings. The van der Waals surface area contributed by atoms with Crippen LogP contribution in [0.1, 0.15) is 12.0 Å². The van der Waals surface area contributed by atoms with Crippen molar-refractivity contribution in [2.45, 2.75) is 12.8 Å². The third-order valence-electron chi connectivity index (χ3n) is 2.46. The van der Waals surface area contributed by atoms with E-state index in [1.54, 1.807) is 6.07 Å². The molecule has 0 spiro atoms. The molecule has 2 rings (SSSR count). The van der Waals surface area contributed by atoms with Crippen LogP contribution in [0.4, 0.5) is 0 Å². The van der Waals surface area contributed by atoms with Gasteiger partial charge in [-0.1, -0.05) is 18.2 Å². The third kappa shape index (κ3) is 4.55. The van der Waals surface area contributed by atoms with Crippen molar-refractivity contribution in [1.82, 2.24) is 9.97 Å². The van der Waals surface area contributed by atoms with Crippen molar-refractivity contribution < 1.29 is 14.4 Å². The van der Waals surface area contributed by atoms with Gasteiger partial charge >= 0.3 is 19.4 Å². The summed E-state index contributed by atoms with van der Waals surface area (Å²) in [6.07, 6.45) is 3.45. The number of hydrogen-bond donors (Lipinski definition) is 4. The molecule has 1 heterocycles. The highest BCUT2D eigenvalue weighted by atomic mass is 31.1. The highest BCUT2D eigenvalue weighted by Crippen LogP contribution is 2.13. The molecule has 0 atom stereocenters. The summed E-state index contributed by atoms with van der Waals surface area (Å²) in [5.41, 5.74) is 1.14. The van der Waals surface area contributed by atoms with Crippen LogP contribution in [-0.2, 0) is 11.0 Å². The first kappa shape index (κ1) is 16.0. The Balaban J connectivity index is 0.000000444. The lowest BCUT2D eigenvalue weighted by molar-refractivity contribution is 0.405. The topological polar surface area (TPSA) is 123 Å². The predicted octanol–water partition coefficient (Wildman–Crippen LogP) is 0.963. The number of aromatic nitrogens is 2. The van der Waals surface area contributed by atoms with E-state index in [1.165, 1.54) is 0 Å². The number of fused-ring (bicyclic) bond motifs is 1. The summed E-state index contributed by atoms with van der Waals surface area (Å²) in [6, 6.07) is 5.55. The Labute approximate surface area is 114 Å². The zero-order chi connectivity index (χ0) is 15.1. The molecule has 8 heteroatoms. The van der Waals surface area contributed by atoms with E-state index >= 15 is 0 Å². The molecule has 4 N–H and O–H groups in total. The Hall–Kier alpha value is -2.08. The number of aromatic amines is 2. The van der Waals surface area contributed by atoms with Gasteiger partial charge in [0.05, 0.1) is 11.0 Å². The monoisotopic (exact) mass is 297 g/mol. The lowest BCUT2D eigenvalue weighted by Gasteiger charge is -2.03. The van der Waals surface area contributed by atoms with Crippen LogP contribution in [-0.4, -0.2) is 19.8 Å². The standard InChI is InChI=1S/C12H12N2O2.HO3P/c1-2-3-5-8-6-4-7-9-10(8)14-12(16)11(15)13-9;1-4(2)3/h2,4,6-7H,1,3,5H2,(H,13,15)(H,14,16);(H-,1,2,3)/p+1. The zero-order valence-corrected chi connectivity index (χ0v) is 11.4. The van der Waals surface area contributed by atoms with E-state index < -0.39 is 19.4 Å². The molecular formula is C12H14N2O5P+. The minimum absolute atomic E-state index is 0.612. The van der Waals surface area contributed by atoms with Gasteiger partial charge in [0.2, 0.25) is 0 Å². The Morgan fingerprint density at radius 1 is 1.20 bits per heavy atom. The second kappa shape index (κ2) is 7.49. The van der Waals surface area contributed by atoms with Gasteiger partial charge in [-0.05, 0) is 24.5 Å². The summed E-state index contributed by atoms with van der Waals surface area (Å²) in [7, 11) is -2.87. The average Bonchev–Trinajstić information content (AvgIpc) is 2.37. The Kier molecular flexibility index (Phi) is 5.99. The quantitative estimate of drug-likeness (QED) is 0.382. The molecule has 0 aliphatic rings. The van der Waals surface area contributed by atoms with Gasteiger partial charge in [-0.3, -0.25) is 9.59 Å². The molecule has 106 valence electrons. The number of para-hydroxylation sites is 1. The van der Waals surface area contributed by atoms with E-state index in [1.807, 2.05) is 18.2 Å². The SMILES string of the molecule is C=CCCc1cccc2[nH]c(=O)c(=O)[nH]c12.O=[P+](O)O. The van der Waals surface area contributed by atoms with E-state index in [2.05, 4.69) is 16.5 Å². The molecule has 0 radical (unpaired) electrons. The number of nitrogens with one attached hydrogen (secondary N) is 2. The fourth-order valence-corrected chi connectivity index (χ4v) is 1.67. The van der Waals surface area contributed by atoms with Crippen LogP contribution in [0.25, 0.3) is 11.0 Å². The first-order valence-electron chi connectivity index (χ1n) is 5.65. The number of H-pyrrole nitrogens is 2. The van der Waals surface area contributed by atoms with Crippen molar-refractivity contribution >= 4 is 19.3 Å². The number of aryl methyl sites for hydroxylation is 1. The van der Waals surface area contributed by atoms with Crippen molar-refractivity contribution in [3.8, 4) is 0 Å². The molecule has 0 aliphatic heterocycles. The van der Waals surface area contributed by atoms with Crippen LogP contribution < -0.4 is 11.1 Å². The lowest BCUT2D eigenvalue weighted by atomic mass is 10.1. The predicted molar refractivity (Wildman–Crippen MR) is 75.8 cm³/mol. The highest BCUT2D eigenvalue weighted by molar-refractivity contribution is 7.30. The van der Waals surface area contributed by atoms with Gasteiger partial charge in [0.15, 0.2) is 0 Å². The van der Waals surface area contributed by atoms with Crippen LogP contribution >= 0.6 is 8.25 Å². The average molecular weight is 297 g/mol. The normalized spacial score (nSPS) is 9.70. The van der Waals surface area contributed by atoms with Gasteiger partial charge in [-0.25, -0.2) is 0 Å². The van der Waals surface area contributed by atoms with Crippen LogP contribution in [0.3, 0.4) is 0 Å². The number of benzene rings is 1. The zero-order valence-electron chi connectivity index (χ0n) is 10.5. The largest absolute Gasteiger partial charge is 0.692 e. The summed E-state index contributed by atoms with van der Waals surface area (Å²) in [4.78, 5) is 41.8. The first-order valence-corrected chi connectivity index (χ1v) is 6.82. The van der Waals surface area contributed by atoms with E-state index in [-0.39, 0.29) is 0 Å². The molecule has 2 aromatic rings. The first-order chi connectivity index (χ1) is 9.45. The summed E-state index contributed by atoms with van der Waals surface area (Å²) < 4.78 is 8.70. The van der Waals surface area contributed by atoms with E-state index in [0.717, 1.165) is 18.4 Å². The molecule has 0 saturated carbocycles. The number of allylic oxidation sites excluding steroid dienone is 1. The van der Waals surface area contributed by atoms with E-state index in [9.17, 15) is 9.59 Å². The minimum atomic E-state index is -2.87. The van der Waals surface area contributed by atoms with Crippen LogP contribution in [0.2, 0.25) is 0 Å². The van der Waals surface area contributed by atoms with Gasteiger partial charge in [0, 0.05) is 4.57 Å². The fourth-order valence-electron chi connectivity index (χ4n) is 1.67. The van der Waals surface area contributed by atoms with Gasteiger partial charge in [-0.15, -0.1) is 16.4 Å². The van der Waals surface area contributed by atoms with Gasteiger partial charge in [0.1, 0.15) is 0 Å². The molecular weight excluding hydrogens is 283 g/mol. The summed E-state index contributed by atoms with van der Waals surface area (Å²) in [5, 5.41) is 0. The van der Waals surface area contributed by atoms with Crippen LogP contribution in [0.5, 0.6) is 0 Å². The Morgan fingerprint density at radius 3 is 2.40 bits per heavy atom. The lowest BCUT2D eigenvalue weighted by Crippen LogP contribution is -2.29. The third-order valence-corrected chi connectivity index (χ3v) is 2.46. The molecule has 1 aromatic heterocycles. The molecule has 7 nitrogen and oxygen atoms in total. The second-order valence-corrected chi connectivity index (χ2v) is 4.33. The molecule has 20 heavy (non-hydrogen) atoms. The van der Waals surface area contributed by atoms with Crippen LogP contribution in [0, 0.1) is 0 Å². The minimum Gasteiger partial charge on any atom is -0.316 e. The number of hydrogen-bond acceptors (Lipinski definition) is 3. The molecule has 0 aliphatic carbocycles. The molecule has 1 aromatic carbocycles. The van der Waals surface area contributed by atoms with Gasteiger partial charge in [-0.2, -0.15) is 0 Å². The van der Waals surface area contributed by atoms with Gasteiger partial charge in [0.25, 0.3) is 0 Å². The van der Waals surface area contributed by atoms with E-state index in [0.29, 0.717) is 11.0 Å². The van der Waals surface area contributed by atoms with Gasteiger partial charge < -0.3 is 9.97 Å². The number of rotatable bonds is 3. The second-order valence-electron chi connectivity index (χ2n) is 3.83. The molecule has 0 amide bonds. The molecule has 0 saturated heterocycles. The van der Waals surface area contributed by atoms with Crippen molar-refractivity contribution in [1.29, 1.82) is 0 Å². The van der Waals surface area contributed by atoms with Crippen LogP contribution in [0.15, 0.2) is 40.4 Å².